The van der Waals surface area contributed by atoms with E-state index in [2.05, 4.69) is 0 Å². The van der Waals surface area contributed by atoms with Gasteiger partial charge in [0, 0.05) is 0 Å². The van der Waals surface area contributed by atoms with Crippen molar-refractivity contribution in [3.63, 3.8) is 0 Å². The second-order valence-corrected chi connectivity index (χ2v) is 11.7. The minimum atomic E-state index is -3.65. The van der Waals surface area contributed by atoms with Gasteiger partial charge in [0.15, 0.2) is 0 Å². The van der Waals surface area contributed by atoms with Gasteiger partial charge in [-0.2, -0.15) is 0 Å². The Hall–Kier alpha value is -3.46. The Morgan fingerprint density at radius 3 is 0.857 bits per heavy atom. The fourth-order valence-electron chi connectivity index (χ4n) is 3.25. The molecule has 0 radical (unpaired) electrons. The van der Waals surface area contributed by atoms with Crippen LogP contribution in [0.4, 0.5) is 0 Å². The molecule has 0 unspecified atom stereocenters. The fraction of sp³-hybridized carbons (Fsp3) is 0.111. The van der Waals surface area contributed by atoms with Crippen LogP contribution in [-0.2, 0) is 9.13 Å². The van der Waals surface area contributed by atoms with E-state index in [0.29, 0.717) is 23.0 Å². The van der Waals surface area contributed by atoms with Crippen LogP contribution >= 0.6 is 15.2 Å². The smallest absolute Gasteiger partial charge is 0.416 e. The van der Waals surface area contributed by atoms with Crippen LogP contribution in [0.3, 0.4) is 0 Å². The maximum absolute atomic E-state index is 13.7. The molecule has 35 heavy (non-hydrogen) atoms. The number of para-hydroxylation sites is 4. The molecule has 0 aliphatic rings. The number of benzene rings is 4. The minimum absolute atomic E-state index is 0.0110. The van der Waals surface area contributed by atoms with Crippen molar-refractivity contribution in [3.8, 4) is 23.0 Å². The zero-order chi connectivity index (χ0) is 24.4. The van der Waals surface area contributed by atoms with E-state index in [0.717, 1.165) is 0 Å². The van der Waals surface area contributed by atoms with Crippen molar-refractivity contribution in [1.82, 2.24) is 0 Å². The third kappa shape index (κ3) is 7.78. The highest BCUT2D eigenvalue weighted by molar-refractivity contribution is 7.55. The van der Waals surface area contributed by atoms with Gasteiger partial charge in [-0.25, -0.2) is 9.13 Å². The van der Waals surface area contributed by atoms with Crippen molar-refractivity contribution >= 4 is 15.2 Å². The van der Waals surface area contributed by atoms with Crippen molar-refractivity contribution < 1.29 is 27.2 Å². The second-order valence-electron chi connectivity index (χ2n) is 7.64. The zero-order valence-electron chi connectivity index (χ0n) is 19.0. The van der Waals surface area contributed by atoms with Gasteiger partial charge in [-0.15, -0.1) is 0 Å². The van der Waals surface area contributed by atoms with Gasteiger partial charge in [0.05, 0.1) is 12.3 Å². The van der Waals surface area contributed by atoms with Gasteiger partial charge in [0.2, 0.25) is 0 Å². The Morgan fingerprint density at radius 2 is 0.629 bits per heavy atom. The molecule has 0 aromatic heterocycles. The molecule has 0 spiro atoms. The van der Waals surface area contributed by atoms with Gasteiger partial charge in [0.1, 0.15) is 23.0 Å². The zero-order valence-corrected chi connectivity index (χ0v) is 20.8. The van der Waals surface area contributed by atoms with Crippen LogP contribution in [0.1, 0.15) is 6.42 Å². The summed E-state index contributed by atoms with van der Waals surface area (Å²) in [5.74, 6) is 1.71. The van der Waals surface area contributed by atoms with E-state index in [4.69, 9.17) is 18.1 Å². The first-order chi connectivity index (χ1) is 17.0. The molecule has 0 heterocycles. The molecule has 4 aromatic carbocycles. The molecular formula is C27H26O6P2. The van der Waals surface area contributed by atoms with Crippen LogP contribution in [0, 0.1) is 0 Å². The Kier molecular flexibility index (Phi) is 8.31. The van der Waals surface area contributed by atoms with Gasteiger partial charge in [0.25, 0.3) is 0 Å². The van der Waals surface area contributed by atoms with Gasteiger partial charge in [-0.05, 0) is 55.0 Å². The monoisotopic (exact) mass is 508 g/mol. The highest BCUT2D eigenvalue weighted by atomic mass is 31.2. The molecule has 0 amide bonds. The summed E-state index contributed by atoms with van der Waals surface area (Å²) in [6, 6.07) is 35.4. The van der Waals surface area contributed by atoms with Crippen molar-refractivity contribution in [2.24, 2.45) is 0 Å². The lowest BCUT2D eigenvalue weighted by Crippen LogP contribution is -2.10. The van der Waals surface area contributed by atoms with Crippen LogP contribution in [0.15, 0.2) is 121 Å². The average Bonchev–Trinajstić information content (AvgIpc) is 2.86. The molecule has 0 fully saturated rings. The standard InChI is InChI=1S/C27H26O6P2/c28-34(30-24-14-5-1-6-15-24,31-25-16-7-2-8-17-25)22-13-23-35(29,32-26-18-9-3-10-19-26)33-27-20-11-4-12-21-27/h1-12,14-21H,13,22-23H2. The molecule has 0 saturated carbocycles. The lowest BCUT2D eigenvalue weighted by molar-refractivity contribution is 0.379. The first-order valence-corrected chi connectivity index (χ1v) is 14.6. The van der Waals surface area contributed by atoms with E-state index in [1.807, 2.05) is 24.3 Å². The molecular weight excluding hydrogens is 482 g/mol. The molecule has 0 aliphatic carbocycles. The lowest BCUT2D eigenvalue weighted by atomic mass is 10.3. The summed E-state index contributed by atoms with van der Waals surface area (Å²) in [4.78, 5) is 0. The normalized spacial score (nSPS) is 11.4. The largest absolute Gasteiger partial charge is 0.430 e. The van der Waals surface area contributed by atoms with Crippen molar-refractivity contribution in [3.05, 3.63) is 121 Å². The van der Waals surface area contributed by atoms with Crippen LogP contribution < -0.4 is 18.1 Å². The van der Waals surface area contributed by atoms with Crippen LogP contribution in [0.2, 0.25) is 0 Å². The Bertz CT molecular complexity index is 1080. The van der Waals surface area contributed by atoms with Crippen LogP contribution in [0.25, 0.3) is 0 Å². The topological polar surface area (TPSA) is 71.1 Å². The molecule has 0 N–H and O–H groups in total. The summed E-state index contributed by atoms with van der Waals surface area (Å²) in [7, 11) is -7.29. The molecule has 6 nitrogen and oxygen atoms in total. The van der Waals surface area contributed by atoms with Gasteiger partial charge >= 0.3 is 15.2 Å². The van der Waals surface area contributed by atoms with Crippen LogP contribution in [0.5, 0.6) is 23.0 Å². The first-order valence-electron chi connectivity index (χ1n) is 11.2. The summed E-state index contributed by atoms with van der Waals surface area (Å²) in [5.41, 5.74) is 0. The SMILES string of the molecule is O=P(CCCP(=O)(Oc1ccccc1)Oc1ccccc1)(Oc1ccccc1)Oc1ccccc1. The molecule has 4 aromatic rings. The fourth-order valence-corrected chi connectivity index (χ4v) is 6.80. The number of hydrogen-bond donors (Lipinski definition) is 0. The maximum atomic E-state index is 13.7. The molecule has 0 bridgehead atoms. The molecule has 8 heteroatoms. The van der Waals surface area contributed by atoms with E-state index in [1.165, 1.54) is 0 Å². The highest BCUT2D eigenvalue weighted by Gasteiger charge is 2.33. The Labute approximate surface area is 205 Å². The molecule has 0 aliphatic heterocycles. The van der Waals surface area contributed by atoms with E-state index in [9.17, 15) is 9.13 Å². The summed E-state index contributed by atoms with van der Waals surface area (Å²) in [6.45, 7) is 0. The quantitative estimate of drug-likeness (QED) is 0.180. The van der Waals surface area contributed by atoms with Gasteiger partial charge in [-0.3, -0.25) is 0 Å². The summed E-state index contributed by atoms with van der Waals surface area (Å²) in [6.07, 6.45) is 0.238. The third-order valence-corrected chi connectivity index (χ3v) is 8.50. The molecule has 0 atom stereocenters. The minimum Gasteiger partial charge on any atom is -0.416 e. The molecule has 180 valence electrons. The summed E-state index contributed by atoms with van der Waals surface area (Å²) >= 11 is 0. The number of hydrogen-bond acceptors (Lipinski definition) is 6. The van der Waals surface area contributed by atoms with Crippen molar-refractivity contribution in [2.45, 2.75) is 6.42 Å². The van der Waals surface area contributed by atoms with E-state index >= 15 is 0 Å². The van der Waals surface area contributed by atoms with E-state index < -0.39 is 15.2 Å². The molecule has 0 saturated heterocycles. The third-order valence-electron chi connectivity index (χ3n) is 4.81. The van der Waals surface area contributed by atoms with Crippen molar-refractivity contribution in [2.75, 3.05) is 12.3 Å². The average molecular weight is 508 g/mol. The predicted molar refractivity (Wildman–Crippen MR) is 138 cm³/mol. The number of rotatable bonds is 12. The second kappa shape index (κ2) is 11.8. The van der Waals surface area contributed by atoms with E-state index in [1.54, 1.807) is 97.1 Å². The lowest BCUT2D eigenvalue weighted by Gasteiger charge is -2.22. The Balaban J connectivity index is 1.51. The van der Waals surface area contributed by atoms with Crippen LogP contribution in [-0.4, -0.2) is 12.3 Å². The maximum Gasteiger partial charge on any atom is 0.430 e. The van der Waals surface area contributed by atoms with Gasteiger partial charge in [-0.1, -0.05) is 72.8 Å². The summed E-state index contributed by atoms with van der Waals surface area (Å²) in [5, 5.41) is 0. The van der Waals surface area contributed by atoms with Gasteiger partial charge < -0.3 is 18.1 Å². The van der Waals surface area contributed by atoms with E-state index in [-0.39, 0.29) is 18.7 Å². The van der Waals surface area contributed by atoms with Crippen molar-refractivity contribution in [1.29, 1.82) is 0 Å². The first kappa shape index (κ1) is 24.7. The highest BCUT2D eigenvalue weighted by Crippen LogP contribution is 2.53. The Morgan fingerprint density at radius 1 is 0.400 bits per heavy atom. The summed E-state index contributed by atoms with van der Waals surface area (Å²) < 4.78 is 50.8. The predicted octanol–water partition coefficient (Wildman–Crippen LogP) is 8.08. The molecule has 4 rings (SSSR count).